The van der Waals surface area contributed by atoms with Crippen LogP contribution in [0.3, 0.4) is 0 Å². The fourth-order valence-corrected chi connectivity index (χ4v) is 3.40. The largest absolute Gasteiger partial charge is 0.350 e. The molecule has 4 rings (SSSR count). The second kappa shape index (κ2) is 6.16. The van der Waals surface area contributed by atoms with Crippen molar-refractivity contribution in [2.75, 3.05) is 0 Å². The molecule has 2 aromatic heterocycles. The second-order valence-electron chi connectivity index (χ2n) is 6.44. The number of para-hydroxylation sites is 1. The van der Waals surface area contributed by atoms with Crippen LogP contribution >= 0.6 is 0 Å². The van der Waals surface area contributed by atoms with E-state index in [9.17, 15) is 9.59 Å². The Bertz CT molecular complexity index is 1000. The van der Waals surface area contributed by atoms with Gasteiger partial charge in [0, 0.05) is 30.6 Å². The van der Waals surface area contributed by atoms with Crippen molar-refractivity contribution in [2.45, 2.75) is 38.9 Å². The van der Waals surface area contributed by atoms with E-state index in [4.69, 9.17) is 0 Å². The number of imidazole rings is 1. The molecule has 1 aromatic carbocycles. The van der Waals surface area contributed by atoms with Gasteiger partial charge < -0.3 is 9.88 Å². The molecule has 1 atom stereocenters. The maximum atomic E-state index is 12.5. The van der Waals surface area contributed by atoms with Crippen LogP contribution in [-0.4, -0.2) is 31.3 Å². The lowest BCUT2D eigenvalue weighted by Gasteiger charge is -2.24. The maximum absolute atomic E-state index is 12.5. The zero-order valence-corrected chi connectivity index (χ0v) is 14.0. The Morgan fingerprint density at radius 2 is 2.20 bits per heavy atom. The van der Waals surface area contributed by atoms with Gasteiger partial charge >= 0.3 is 0 Å². The molecule has 0 spiro atoms. The van der Waals surface area contributed by atoms with E-state index >= 15 is 0 Å². The van der Waals surface area contributed by atoms with Crippen molar-refractivity contribution in [3.8, 4) is 0 Å². The Hall–Kier alpha value is -2.96. The zero-order valence-electron chi connectivity index (χ0n) is 14.0. The molecule has 0 fully saturated rings. The third kappa shape index (κ3) is 3.05. The van der Waals surface area contributed by atoms with Gasteiger partial charge in [-0.05, 0) is 25.5 Å². The van der Waals surface area contributed by atoms with Crippen molar-refractivity contribution in [3.63, 3.8) is 0 Å². The minimum absolute atomic E-state index is 0.0826. The van der Waals surface area contributed by atoms with Gasteiger partial charge in [0.15, 0.2) is 0 Å². The number of aromatic nitrogens is 4. The summed E-state index contributed by atoms with van der Waals surface area (Å²) < 4.78 is 3.68. The summed E-state index contributed by atoms with van der Waals surface area (Å²) in [6.07, 6.45) is 5.01. The van der Waals surface area contributed by atoms with Crippen molar-refractivity contribution in [1.82, 2.24) is 24.6 Å². The Kier molecular flexibility index (Phi) is 3.83. The number of nitrogens with one attached hydrogen (secondary N) is 1. The molecule has 1 aliphatic heterocycles. The molecular weight excluding hydrogens is 318 g/mol. The third-order valence-corrected chi connectivity index (χ3v) is 4.53. The summed E-state index contributed by atoms with van der Waals surface area (Å²) in [5.41, 5.74) is 1.54. The van der Waals surface area contributed by atoms with Crippen LogP contribution in [0.25, 0.3) is 10.9 Å². The summed E-state index contributed by atoms with van der Waals surface area (Å²) >= 11 is 0. The van der Waals surface area contributed by atoms with Gasteiger partial charge in [0.1, 0.15) is 12.4 Å². The highest BCUT2D eigenvalue weighted by Gasteiger charge is 2.21. The van der Waals surface area contributed by atoms with Crippen LogP contribution in [0.2, 0.25) is 0 Å². The molecular formula is C18H19N5O2. The predicted molar refractivity (Wildman–Crippen MR) is 93.2 cm³/mol. The predicted octanol–water partition coefficient (Wildman–Crippen LogP) is 1.03. The first-order valence-corrected chi connectivity index (χ1v) is 8.37. The highest BCUT2D eigenvalue weighted by molar-refractivity contribution is 5.81. The number of amides is 1. The van der Waals surface area contributed by atoms with Gasteiger partial charge in [-0.15, -0.1) is 0 Å². The lowest BCUT2D eigenvalue weighted by Crippen LogP contribution is -2.42. The molecule has 25 heavy (non-hydrogen) atoms. The molecule has 1 N–H and O–H groups in total. The molecule has 0 bridgehead atoms. The van der Waals surface area contributed by atoms with E-state index in [1.54, 1.807) is 22.9 Å². The molecule has 1 aliphatic rings. The number of hydrogen-bond acceptors (Lipinski definition) is 4. The topological polar surface area (TPSA) is 81.8 Å². The number of benzene rings is 1. The van der Waals surface area contributed by atoms with Gasteiger partial charge in [-0.2, -0.15) is 5.10 Å². The molecule has 0 aliphatic carbocycles. The van der Waals surface area contributed by atoms with Crippen molar-refractivity contribution in [3.05, 3.63) is 58.4 Å². The van der Waals surface area contributed by atoms with Gasteiger partial charge in [-0.3, -0.25) is 14.3 Å². The minimum atomic E-state index is -0.137. The van der Waals surface area contributed by atoms with Crippen LogP contribution in [0.1, 0.15) is 17.9 Å². The van der Waals surface area contributed by atoms with Gasteiger partial charge in [0.05, 0.1) is 17.4 Å². The smallest absolute Gasteiger partial charge is 0.242 e. The molecule has 128 valence electrons. The quantitative estimate of drug-likeness (QED) is 0.774. The van der Waals surface area contributed by atoms with Gasteiger partial charge in [-0.1, -0.05) is 12.1 Å². The number of carbonyl (C=O) groups is 1. The first kappa shape index (κ1) is 15.6. The first-order valence-electron chi connectivity index (χ1n) is 8.37. The summed E-state index contributed by atoms with van der Waals surface area (Å²) in [4.78, 5) is 28.8. The summed E-state index contributed by atoms with van der Waals surface area (Å²) in [5, 5.41) is 7.75. The van der Waals surface area contributed by atoms with Crippen molar-refractivity contribution >= 4 is 16.8 Å². The van der Waals surface area contributed by atoms with E-state index in [1.165, 1.54) is 6.20 Å². The van der Waals surface area contributed by atoms with Crippen LogP contribution in [0.5, 0.6) is 0 Å². The lowest BCUT2D eigenvalue weighted by molar-refractivity contribution is -0.122. The van der Waals surface area contributed by atoms with Crippen LogP contribution < -0.4 is 10.7 Å². The standard InChI is InChI=1S/C18H19N5O2/c1-12-9-22-10-13(6-7-17(22)20-12)21-18(25)11-23-15-5-3-2-4-14(15)16(24)8-19-23/h2-5,8-9,13H,6-7,10-11H2,1H3,(H,21,25)/t13-/m0/s1. The summed E-state index contributed by atoms with van der Waals surface area (Å²) in [6.45, 7) is 2.80. The fraction of sp³-hybridized carbons (Fsp3) is 0.333. The first-order chi connectivity index (χ1) is 12.1. The van der Waals surface area contributed by atoms with E-state index in [-0.39, 0.29) is 23.9 Å². The summed E-state index contributed by atoms with van der Waals surface area (Å²) in [7, 11) is 0. The molecule has 1 amide bonds. The molecule has 7 nitrogen and oxygen atoms in total. The summed E-state index contributed by atoms with van der Waals surface area (Å²) in [5.74, 6) is 0.975. The average molecular weight is 337 g/mol. The Balaban J connectivity index is 1.48. The molecule has 0 saturated carbocycles. The number of aryl methyl sites for hydroxylation is 2. The second-order valence-corrected chi connectivity index (χ2v) is 6.44. The third-order valence-electron chi connectivity index (χ3n) is 4.53. The van der Waals surface area contributed by atoms with Crippen LogP contribution in [0.15, 0.2) is 41.5 Å². The minimum Gasteiger partial charge on any atom is -0.350 e. The van der Waals surface area contributed by atoms with Gasteiger partial charge in [0.2, 0.25) is 11.3 Å². The average Bonchev–Trinajstić information content (AvgIpc) is 2.97. The Morgan fingerprint density at radius 1 is 1.36 bits per heavy atom. The number of fused-ring (bicyclic) bond motifs is 2. The van der Waals surface area contributed by atoms with E-state index < -0.39 is 0 Å². The molecule has 0 radical (unpaired) electrons. The van der Waals surface area contributed by atoms with Crippen LogP contribution in [0.4, 0.5) is 0 Å². The zero-order chi connectivity index (χ0) is 17.4. The van der Waals surface area contributed by atoms with Gasteiger partial charge in [-0.25, -0.2) is 4.98 Å². The molecule has 0 saturated heterocycles. The normalized spacial score (nSPS) is 16.6. The fourth-order valence-electron chi connectivity index (χ4n) is 3.40. The van der Waals surface area contributed by atoms with Crippen molar-refractivity contribution in [1.29, 1.82) is 0 Å². The molecule has 3 aromatic rings. The maximum Gasteiger partial charge on any atom is 0.242 e. The van der Waals surface area contributed by atoms with Crippen LogP contribution in [0, 0.1) is 6.92 Å². The Labute approximate surface area is 144 Å². The number of rotatable bonds is 3. The Morgan fingerprint density at radius 3 is 3.08 bits per heavy atom. The van der Waals surface area contributed by atoms with E-state index in [1.807, 2.05) is 19.2 Å². The lowest BCUT2D eigenvalue weighted by atomic mass is 10.1. The van der Waals surface area contributed by atoms with Gasteiger partial charge in [0.25, 0.3) is 0 Å². The monoisotopic (exact) mass is 337 g/mol. The van der Waals surface area contributed by atoms with Crippen molar-refractivity contribution in [2.24, 2.45) is 0 Å². The number of hydrogen-bond donors (Lipinski definition) is 1. The molecule has 3 heterocycles. The molecule has 0 unspecified atom stereocenters. The number of carbonyl (C=O) groups excluding carboxylic acids is 1. The van der Waals surface area contributed by atoms with E-state index in [2.05, 4.69) is 20.0 Å². The van der Waals surface area contributed by atoms with E-state index in [0.29, 0.717) is 10.9 Å². The van der Waals surface area contributed by atoms with E-state index in [0.717, 1.165) is 30.9 Å². The van der Waals surface area contributed by atoms with Crippen molar-refractivity contribution < 1.29 is 4.79 Å². The number of nitrogens with zero attached hydrogens (tertiary/aromatic N) is 4. The van der Waals surface area contributed by atoms with Crippen LogP contribution in [-0.2, 0) is 24.3 Å². The summed E-state index contributed by atoms with van der Waals surface area (Å²) in [6, 6.07) is 7.28. The highest BCUT2D eigenvalue weighted by atomic mass is 16.2. The highest BCUT2D eigenvalue weighted by Crippen LogP contribution is 2.15. The molecule has 7 heteroatoms. The SMILES string of the molecule is Cc1cn2c(n1)CC[C@H](NC(=O)Cn1ncc(=O)c3ccccc31)C2.